The molecule has 0 heterocycles. The third-order valence-corrected chi connectivity index (χ3v) is 13.1. The normalized spacial score (nSPS) is 12.2. The van der Waals surface area contributed by atoms with E-state index in [1.807, 2.05) is 0 Å². The van der Waals surface area contributed by atoms with E-state index in [0.29, 0.717) is 19.3 Å². The smallest absolute Gasteiger partial charge is 0.306 e. The van der Waals surface area contributed by atoms with E-state index in [1.165, 1.54) is 186 Å². The van der Waals surface area contributed by atoms with Gasteiger partial charge in [-0.05, 0) is 70.6 Å². The Morgan fingerprint density at radius 2 is 0.552 bits per heavy atom. The maximum Gasteiger partial charge on any atom is 0.306 e. The quantitative estimate of drug-likeness (QED) is 0.0262. The first-order chi connectivity index (χ1) is 33.0. The van der Waals surface area contributed by atoms with E-state index in [0.717, 1.165) is 89.9 Å². The summed E-state index contributed by atoms with van der Waals surface area (Å²) in [6.07, 6.45) is 67.2. The number of allylic oxidation sites excluding steroid dienone is 6. The molecule has 0 rings (SSSR count). The first-order valence-corrected chi connectivity index (χ1v) is 29.5. The van der Waals surface area contributed by atoms with Gasteiger partial charge in [0.25, 0.3) is 0 Å². The molecule has 0 spiro atoms. The Bertz CT molecular complexity index is 1130. The van der Waals surface area contributed by atoms with Crippen molar-refractivity contribution in [1.82, 2.24) is 0 Å². The minimum atomic E-state index is -0.780. The molecule has 0 aromatic carbocycles. The van der Waals surface area contributed by atoms with Crippen molar-refractivity contribution in [2.45, 2.75) is 322 Å². The lowest BCUT2D eigenvalue weighted by Crippen LogP contribution is -2.30. The second kappa shape index (κ2) is 56.2. The number of hydrogen-bond acceptors (Lipinski definition) is 6. The predicted molar refractivity (Wildman–Crippen MR) is 289 cm³/mol. The lowest BCUT2D eigenvalue weighted by molar-refractivity contribution is -0.167. The second-order valence-corrected chi connectivity index (χ2v) is 19.9. The number of esters is 3. The van der Waals surface area contributed by atoms with Gasteiger partial charge in [-0.2, -0.15) is 0 Å². The van der Waals surface area contributed by atoms with Crippen LogP contribution in [0.1, 0.15) is 316 Å². The summed E-state index contributed by atoms with van der Waals surface area (Å²) in [5.41, 5.74) is 0. The van der Waals surface area contributed by atoms with Gasteiger partial charge >= 0.3 is 17.9 Å². The number of carbonyl (C=O) groups excluding carboxylic acids is 3. The second-order valence-electron chi connectivity index (χ2n) is 19.9. The van der Waals surface area contributed by atoms with E-state index in [4.69, 9.17) is 14.2 Å². The number of rotatable bonds is 54. The van der Waals surface area contributed by atoms with Gasteiger partial charge < -0.3 is 14.2 Å². The lowest BCUT2D eigenvalue weighted by atomic mass is 10.0. The number of carbonyl (C=O) groups is 3. The zero-order valence-corrected chi connectivity index (χ0v) is 44.9. The summed E-state index contributed by atoms with van der Waals surface area (Å²) >= 11 is 0. The van der Waals surface area contributed by atoms with Gasteiger partial charge in [0.2, 0.25) is 0 Å². The van der Waals surface area contributed by atoms with E-state index in [9.17, 15) is 14.4 Å². The largest absolute Gasteiger partial charge is 0.462 e. The van der Waals surface area contributed by atoms with Crippen molar-refractivity contribution < 1.29 is 28.6 Å². The van der Waals surface area contributed by atoms with Crippen molar-refractivity contribution in [3.05, 3.63) is 36.5 Å². The fourth-order valence-corrected chi connectivity index (χ4v) is 8.63. The van der Waals surface area contributed by atoms with Gasteiger partial charge in [-0.25, -0.2) is 0 Å². The van der Waals surface area contributed by atoms with Crippen LogP contribution in [0, 0.1) is 0 Å². The van der Waals surface area contributed by atoms with Crippen LogP contribution in [-0.4, -0.2) is 37.2 Å². The molecule has 6 heteroatoms. The molecule has 1 atom stereocenters. The molecule has 0 aliphatic rings. The SMILES string of the molecule is CCCC/C=C\C/C=C\CCCCCCCC(=O)OC(COC(=O)CCCCCCC/C=C\CCCCC)COC(=O)CCCCCCCCCCCCCCCCCCCCCCCCC. The first-order valence-electron chi connectivity index (χ1n) is 29.5. The van der Waals surface area contributed by atoms with Crippen molar-refractivity contribution in [1.29, 1.82) is 0 Å². The molecule has 392 valence electrons. The molecule has 0 saturated heterocycles. The van der Waals surface area contributed by atoms with Gasteiger partial charge in [0, 0.05) is 19.3 Å². The first kappa shape index (κ1) is 64.6. The van der Waals surface area contributed by atoms with Crippen molar-refractivity contribution in [3.8, 4) is 0 Å². The summed E-state index contributed by atoms with van der Waals surface area (Å²) in [7, 11) is 0. The molecule has 0 amide bonds. The van der Waals surface area contributed by atoms with Gasteiger partial charge in [0.15, 0.2) is 6.10 Å². The molecule has 67 heavy (non-hydrogen) atoms. The number of unbranched alkanes of at least 4 members (excludes halogenated alkanes) is 37. The standard InChI is InChI=1S/C61H112O6/c1-4-7-10-13-16-19-22-25-27-28-29-30-31-32-33-34-35-37-39-42-45-48-51-54-60(63)66-57-58(56-65-59(62)53-50-47-44-41-38-24-21-18-15-12-9-6-3)67-61(64)55-52-49-46-43-40-36-26-23-20-17-14-11-8-5-2/h14,17-18,21,23,26,58H,4-13,15-16,19-20,22,24-25,27-57H2,1-3H3/b17-14-,21-18-,26-23-. The molecule has 1 unspecified atom stereocenters. The zero-order chi connectivity index (χ0) is 48.6. The number of hydrogen-bond donors (Lipinski definition) is 0. The van der Waals surface area contributed by atoms with Crippen LogP contribution in [-0.2, 0) is 28.6 Å². The minimum Gasteiger partial charge on any atom is -0.462 e. The average molecular weight is 942 g/mol. The highest BCUT2D eigenvalue weighted by atomic mass is 16.6. The summed E-state index contributed by atoms with van der Waals surface area (Å²) in [5, 5.41) is 0. The maximum absolute atomic E-state index is 12.8. The van der Waals surface area contributed by atoms with Crippen molar-refractivity contribution in [2.24, 2.45) is 0 Å². The molecule has 0 aliphatic heterocycles. The summed E-state index contributed by atoms with van der Waals surface area (Å²) in [6.45, 7) is 6.60. The molecular formula is C61H112O6. The minimum absolute atomic E-state index is 0.0771. The molecule has 0 bridgehead atoms. The van der Waals surface area contributed by atoms with E-state index < -0.39 is 6.10 Å². The molecule has 6 nitrogen and oxygen atoms in total. The highest BCUT2D eigenvalue weighted by molar-refractivity contribution is 5.71. The van der Waals surface area contributed by atoms with Crippen LogP contribution in [0.3, 0.4) is 0 Å². The zero-order valence-electron chi connectivity index (χ0n) is 44.9. The highest BCUT2D eigenvalue weighted by Crippen LogP contribution is 2.17. The summed E-state index contributed by atoms with van der Waals surface area (Å²) in [6, 6.07) is 0. The summed E-state index contributed by atoms with van der Waals surface area (Å²) in [4.78, 5) is 38.1. The summed E-state index contributed by atoms with van der Waals surface area (Å²) in [5.74, 6) is -0.885. The van der Waals surface area contributed by atoms with Crippen LogP contribution in [0.4, 0.5) is 0 Å². The van der Waals surface area contributed by atoms with Gasteiger partial charge in [-0.1, -0.05) is 263 Å². The van der Waals surface area contributed by atoms with Gasteiger partial charge in [0.05, 0.1) is 0 Å². The van der Waals surface area contributed by atoms with Crippen molar-refractivity contribution >= 4 is 17.9 Å². The van der Waals surface area contributed by atoms with E-state index in [1.54, 1.807) is 0 Å². The van der Waals surface area contributed by atoms with Crippen LogP contribution < -0.4 is 0 Å². The molecule has 0 N–H and O–H groups in total. The Labute approximate surface area is 416 Å². The Morgan fingerprint density at radius 1 is 0.299 bits per heavy atom. The van der Waals surface area contributed by atoms with Gasteiger partial charge in [0.1, 0.15) is 13.2 Å². The van der Waals surface area contributed by atoms with Crippen molar-refractivity contribution in [3.63, 3.8) is 0 Å². The highest BCUT2D eigenvalue weighted by Gasteiger charge is 2.19. The number of ether oxygens (including phenoxy) is 3. The summed E-state index contributed by atoms with van der Waals surface area (Å²) < 4.78 is 16.8. The van der Waals surface area contributed by atoms with E-state index in [2.05, 4.69) is 57.2 Å². The third kappa shape index (κ3) is 54.4. The molecule has 0 aromatic rings. The van der Waals surface area contributed by atoms with E-state index >= 15 is 0 Å². The Balaban J connectivity index is 4.24. The van der Waals surface area contributed by atoms with Crippen LogP contribution in [0.2, 0.25) is 0 Å². The van der Waals surface area contributed by atoms with E-state index in [-0.39, 0.29) is 31.1 Å². The predicted octanol–water partition coefficient (Wildman–Crippen LogP) is 19.7. The lowest BCUT2D eigenvalue weighted by Gasteiger charge is -2.18. The topological polar surface area (TPSA) is 78.9 Å². The van der Waals surface area contributed by atoms with Crippen LogP contribution in [0.15, 0.2) is 36.5 Å². The van der Waals surface area contributed by atoms with Gasteiger partial charge in [-0.3, -0.25) is 14.4 Å². The molecule has 0 aliphatic carbocycles. The Hall–Kier alpha value is -2.37. The molecule has 0 saturated carbocycles. The Morgan fingerprint density at radius 3 is 0.910 bits per heavy atom. The maximum atomic E-state index is 12.8. The third-order valence-electron chi connectivity index (χ3n) is 13.1. The van der Waals surface area contributed by atoms with Crippen molar-refractivity contribution in [2.75, 3.05) is 13.2 Å². The van der Waals surface area contributed by atoms with Crippen LogP contribution >= 0.6 is 0 Å². The fraction of sp³-hybridized carbons (Fsp3) is 0.852. The van der Waals surface area contributed by atoms with Crippen LogP contribution in [0.5, 0.6) is 0 Å². The molecule has 0 aromatic heterocycles. The molecule has 0 fully saturated rings. The average Bonchev–Trinajstić information content (AvgIpc) is 3.33. The molecule has 0 radical (unpaired) electrons. The van der Waals surface area contributed by atoms with Crippen LogP contribution in [0.25, 0.3) is 0 Å². The fourth-order valence-electron chi connectivity index (χ4n) is 8.63. The van der Waals surface area contributed by atoms with Gasteiger partial charge in [-0.15, -0.1) is 0 Å². The Kier molecular flexibility index (Phi) is 54.2. The monoisotopic (exact) mass is 941 g/mol. The molecular weight excluding hydrogens is 829 g/mol.